The normalized spacial score (nSPS) is 10.9. The van der Waals surface area contributed by atoms with E-state index >= 15 is 0 Å². The van der Waals surface area contributed by atoms with Gasteiger partial charge < -0.3 is 5.21 Å². The topological polar surface area (TPSA) is 32.6 Å². The van der Waals surface area contributed by atoms with Crippen LogP contribution in [0.2, 0.25) is 5.02 Å². The molecule has 0 saturated heterocycles. The molecule has 0 unspecified atom stereocenters. The Morgan fingerprint density at radius 1 is 1.58 bits per heavy atom. The Labute approximate surface area is 81.8 Å². The first-order valence-electron chi connectivity index (χ1n) is 2.97. The van der Waals surface area contributed by atoms with Crippen LogP contribution in [-0.2, 0) is 0 Å². The monoisotopic (exact) mass is 251 g/mol. The SMILES string of the molecule is O/N=C\c1c(F)cc(Br)cc1Cl. The second-order valence-corrected chi connectivity index (χ2v) is 3.35. The molecule has 0 aromatic heterocycles. The van der Waals surface area contributed by atoms with Gasteiger partial charge >= 0.3 is 0 Å². The largest absolute Gasteiger partial charge is 0.411 e. The minimum atomic E-state index is -0.535. The van der Waals surface area contributed by atoms with Crippen molar-refractivity contribution in [3.63, 3.8) is 0 Å². The predicted octanol–water partition coefficient (Wildman–Crippen LogP) is 3.05. The lowest BCUT2D eigenvalue weighted by Crippen LogP contribution is -1.89. The van der Waals surface area contributed by atoms with E-state index in [-0.39, 0.29) is 10.6 Å². The molecule has 0 atom stereocenters. The Morgan fingerprint density at radius 3 is 2.75 bits per heavy atom. The number of hydrogen-bond acceptors (Lipinski definition) is 2. The molecule has 0 amide bonds. The highest BCUT2D eigenvalue weighted by atomic mass is 79.9. The lowest BCUT2D eigenvalue weighted by atomic mass is 10.2. The molecule has 0 aliphatic rings. The molecule has 0 heterocycles. The van der Waals surface area contributed by atoms with E-state index in [1.165, 1.54) is 12.1 Å². The predicted molar refractivity (Wildman–Crippen MR) is 48.5 cm³/mol. The van der Waals surface area contributed by atoms with E-state index in [2.05, 4.69) is 21.1 Å². The van der Waals surface area contributed by atoms with E-state index in [0.29, 0.717) is 4.47 Å². The first-order valence-corrected chi connectivity index (χ1v) is 4.14. The molecule has 5 heteroatoms. The zero-order valence-electron chi connectivity index (χ0n) is 5.76. The molecular weight excluding hydrogens is 248 g/mol. The molecule has 64 valence electrons. The van der Waals surface area contributed by atoms with Gasteiger partial charge in [0.2, 0.25) is 0 Å². The van der Waals surface area contributed by atoms with Gasteiger partial charge in [-0.15, -0.1) is 0 Å². The Balaban J connectivity index is 3.28. The molecule has 0 aliphatic heterocycles. The summed E-state index contributed by atoms with van der Waals surface area (Å²) in [6.45, 7) is 0. The molecule has 1 rings (SSSR count). The van der Waals surface area contributed by atoms with Gasteiger partial charge in [-0.1, -0.05) is 32.7 Å². The summed E-state index contributed by atoms with van der Waals surface area (Å²) >= 11 is 8.71. The van der Waals surface area contributed by atoms with E-state index < -0.39 is 5.82 Å². The summed E-state index contributed by atoms with van der Waals surface area (Å²) in [5, 5.41) is 11.1. The third-order valence-corrected chi connectivity index (χ3v) is 2.00. The summed E-state index contributed by atoms with van der Waals surface area (Å²) < 4.78 is 13.5. The summed E-state index contributed by atoms with van der Waals surface area (Å²) in [6, 6.07) is 2.75. The van der Waals surface area contributed by atoms with Gasteiger partial charge in [0, 0.05) is 4.47 Å². The van der Waals surface area contributed by atoms with E-state index in [0.717, 1.165) is 6.21 Å². The van der Waals surface area contributed by atoms with Crippen LogP contribution in [0, 0.1) is 5.82 Å². The van der Waals surface area contributed by atoms with Gasteiger partial charge in [-0.2, -0.15) is 0 Å². The third kappa shape index (κ3) is 1.95. The van der Waals surface area contributed by atoms with Crippen molar-refractivity contribution in [2.75, 3.05) is 0 Å². The van der Waals surface area contributed by atoms with Crippen LogP contribution in [0.3, 0.4) is 0 Å². The second-order valence-electron chi connectivity index (χ2n) is 2.03. The van der Waals surface area contributed by atoms with E-state index in [1.807, 2.05) is 0 Å². The zero-order chi connectivity index (χ0) is 9.14. The van der Waals surface area contributed by atoms with Gasteiger partial charge in [-0.3, -0.25) is 0 Å². The van der Waals surface area contributed by atoms with Crippen molar-refractivity contribution in [1.82, 2.24) is 0 Å². The quantitative estimate of drug-likeness (QED) is 0.465. The van der Waals surface area contributed by atoms with Crippen LogP contribution in [-0.4, -0.2) is 11.4 Å². The van der Waals surface area contributed by atoms with Crippen molar-refractivity contribution in [3.05, 3.63) is 33.0 Å². The first-order chi connectivity index (χ1) is 5.65. The summed E-state index contributed by atoms with van der Waals surface area (Å²) in [4.78, 5) is 0. The Kier molecular flexibility index (Phi) is 3.05. The van der Waals surface area contributed by atoms with E-state index in [4.69, 9.17) is 16.8 Å². The highest BCUT2D eigenvalue weighted by molar-refractivity contribution is 9.10. The Hall–Kier alpha value is -0.610. The van der Waals surface area contributed by atoms with Crippen LogP contribution in [0.4, 0.5) is 4.39 Å². The van der Waals surface area contributed by atoms with Crippen molar-refractivity contribution in [2.24, 2.45) is 5.16 Å². The second kappa shape index (κ2) is 3.87. The molecule has 2 nitrogen and oxygen atoms in total. The fourth-order valence-electron chi connectivity index (χ4n) is 0.734. The minimum Gasteiger partial charge on any atom is -0.411 e. The molecule has 0 fully saturated rings. The number of oxime groups is 1. The van der Waals surface area contributed by atoms with Gasteiger partial charge in [-0.05, 0) is 12.1 Å². The van der Waals surface area contributed by atoms with E-state index in [1.54, 1.807) is 0 Å². The molecule has 1 N–H and O–H groups in total. The van der Waals surface area contributed by atoms with Crippen LogP contribution >= 0.6 is 27.5 Å². The van der Waals surface area contributed by atoms with Crippen LogP contribution in [0.1, 0.15) is 5.56 Å². The summed E-state index contributed by atoms with van der Waals surface area (Å²) in [6.07, 6.45) is 0.949. The van der Waals surface area contributed by atoms with Crippen molar-refractivity contribution < 1.29 is 9.60 Å². The maximum Gasteiger partial charge on any atom is 0.134 e. The maximum atomic E-state index is 13.0. The first kappa shape index (κ1) is 9.48. The van der Waals surface area contributed by atoms with Crippen LogP contribution < -0.4 is 0 Å². The molecule has 12 heavy (non-hydrogen) atoms. The molecule has 0 radical (unpaired) electrons. The average Bonchev–Trinajstić information content (AvgIpc) is 1.96. The summed E-state index contributed by atoms with van der Waals surface area (Å²) in [7, 11) is 0. The van der Waals surface area contributed by atoms with Crippen molar-refractivity contribution in [3.8, 4) is 0 Å². The molecule has 0 bridgehead atoms. The maximum absolute atomic E-state index is 13.0. The molecule has 1 aromatic rings. The molecule has 0 spiro atoms. The van der Waals surface area contributed by atoms with Crippen LogP contribution in [0.15, 0.2) is 21.8 Å². The fraction of sp³-hybridized carbons (Fsp3) is 0. The highest BCUT2D eigenvalue weighted by Crippen LogP contribution is 2.23. The molecule has 0 aliphatic carbocycles. The zero-order valence-corrected chi connectivity index (χ0v) is 8.10. The van der Waals surface area contributed by atoms with Gasteiger partial charge in [0.05, 0.1) is 16.8 Å². The standard InChI is InChI=1S/C7H4BrClFNO/c8-4-1-6(9)5(3-11-12)7(10)2-4/h1-3,12H/b11-3-. The lowest BCUT2D eigenvalue weighted by molar-refractivity contribution is 0.321. The molecule has 1 aromatic carbocycles. The van der Waals surface area contributed by atoms with E-state index in [9.17, 15) is 4.39 Å². The molecular formula is C7H4BrClFNO. The third-order valence-electron chi connectivity index (χ3n) is 1.23. The van der Waals surface area contributed by atoms with Crippen molar-refractivity contribution in [2.45, 2.75) is 0 Å². The number of halogens is 3. The smallest absolute Gasteiger partial charge is 0.134 e. The average molecular weight is 252 g/mol. The Morgan fingerprint density at radius 2 is 2.25 bits per heavy atom. The summed E-state index contributed by atoms with van der Waals surface area (Å²) in [5.74, 6) is -0.535. The van der Waals surface area contributed by atoms with Crippen LogP contribution in [0.25, 0.3) is 0 Å². The van der Waals surface area contributed by atoms with Crippen LogP contribution in [0.5, 0.6) is 0 Å². The fourth-order valence-corrected chi connectivity index (χ4v) is 1.55. The van der Waals surface area contributed by atoms with Crippen molar-refractivity contribution in [1.29, 1.82) is 0 Å². The van der Waals surface area contributed by atoms with Gasteiger partial charge in [0.25, 0.3) is 0 Å². The molecule has 0 saturated carbocycles. The van der Waals surface area contributed by atoms with Gasteiger partial charge in [0.1, 0.15) is 5.82 Å². The minimum absolute atomic E-state index is 0.0716. The number of hydrogen-bond donors (Lipinski definition) is 1. The Bertz CT molecular complexity index is 306. The number of nitrogens with zero attached hydrogens (tertiary/aromatic N) is 1. The van der Waals surface area contributed by atoms with Crippen molar-refractivity contribution >= 4 is 33.7 Å². The van der Waals surface area contributed by atoms with Gasteiger partial charge in [-0.25, -0.2) is 4.39 Å². The van der Waals surface area contributed by atoms with Gasteiger partial charge in [0.15, 0.2) is 0 Å². The number of benzene rings is 1. The number of rotatable bonds is 1. The lowest BCUT2D eigenvalue weighted by Gasteiger charge is -1.99. The summed E-state index contributed by atoms with van der Waals surface area (Å²) in [5.41, 5.74) is 0.0716. The highest BCUT2D eigenvalue weighted by Gasteiger charge is 2.06.